The van der Waals surface area contributed by atoms with Crippen molar-refractivity contribution in [2.75, 3.05) is 7.11 Å². The standard InChI is InChI=1S/C18H14N2O3S/c1-22-18(21)15-8-7-14(23-15)16-17-13(9-10-24-17)20(19-16)11-12-5-3-2-4-6-12/h2-10H,11H2,1H3. The first-order chi connectivity index (χ1) is 11.8. The van der Waals surface area contributed by atoms with Crippen molar-refractivity contribution in [2.24, 2.45) is 0 Å². The fraction of sp³-hybridized carbons (Fsp3) is 0.111. The van der Waals surface area contributed by atoms with Gasteiger partial charge in [-0.15, -0.1) is 11.3 Å². The molecule has 4 aromatic rings. The number of esters is 1. The number of hydrogen-bond acceptors (Lipinski definition) is 5. The Balaban J connectivity index is 1.75. The van der Waals surface area contributed by atoms with Crippen LogP contribution in [0.3, 0.4) is 0 Å². The van der Waals surface area contributed by atoms with Gasteiger partial charge in [0.2, 0.25) is 5.76 Å². The van der Waals surface area contributed by atoms with Crippen LogP contribution >= 0.6 is 11.3 Å². The maximum absolute atomic E-state index is 11.6. The molecule has 4 rings (SSSR count). The zero-order valence-electron chi connectivity index (χ0n) is 12.9. The third-order valence-electron chi connectivity index (χ3n) is 3.76. The first-order valence-corrected chi connectivity index (χ1v) is 8.30. The van der Waals surface area contributed by atoms with Crippen molar-refractivity contribution in [2.45, 2.75) is 6.54 Å². The minimum atomic E-state index is -0.493. The highest BCUT2D eigenvalue weighted by Crippen LogP contribution is 2.33. The Morgan fingerprint density at radius 2 is 2.04 bits per heavy atom. The molecule has 0 aliphatic heterocycles. The number of hydrogen-bond donors (Lipinski definition) is 0. The summed E-state index contributed by atoms with van der Waals surface area (Å²) < 4.78 is 13.3. The second-order valence-electron chi connectivity index (χ2n) is 5.28. The van der Waals surface area contributed by atoms with Crippen LogP contribution in [0.2, 0.25) is 0 Å². The van der Waals surface area contributed by atoms with Crippen molar-refractivity contribution in [3.05, 3.63) is 65.2 Å². The summed E-state index contributed by atoms with van der Waals surface area (Å²) in [5.41, 5.74) is 2.97. The first-order valence-electron chi connectivity index (χ1n) is 7.42. The van der Waals surface area contributed by atoms with E-state index in [2.05, 4.69) is 16.9 Å². The molecule has 5 nitrogen and oxygen atoms in total. The van der Waals surface area contributed by atoms with E-state index in [0.29, 0.717) is 12.3 Å². The smallest absolute Gasteiger partial charge is 0.373 e. The predicted octanol–water partition coefficient (Wildman–Crippen LogP) is 4.19. The van der Waals surface area contributed by atoms with E-state index in [4.69, 9.17) is 9.52 Å². The lowest BCUT2D eigenvalue weighted by atomic mass is 10.2. The van der Waals surface area contributed by atoms with Gasteiger partial charge in [0.25, 0.3) is 0 Å². The highest BCUT2D eigenvalue weighted by molar-refractivity contribution is 7.17. The van der Waals surface area contributed by atoms with Gasteiger partial charge in [0.15, 0.2) is 5.76 Å². The Labute approximate surface area is 142 Å². The van der Waals surface area contributed by atoms with Crippen molar-refractivity contribution < 1.29 is 13.9 Å². The van der Waals surface area contributed by atoms with Gasteiger partial charge in [0.05, 0.1) is 23.9 Å². The van der Waals surface area contributed by atoms with E-state index in [-0.39, 0.29) is 5.76 Å². The number of thiophene rings is 1. The molecular formula is C18H14N2O3S. The van der Waals surface area contributed by atoms with Gasteiger partial charge in [-0.3, -0.25) is 4.68 Å². The van der Waals surface area contributed by atoms with Crippen molar-refractivity contribution in [3.8, 4) is 11.5 Å². The summed E-state index contributed by atoms with van der Waals surface area (Å²) in [5, 5.41) is 6.72. The second kappa shape index (κ2) is 5.98. The Morgan fingerprint density at radius 1 is 1.21 bits per heavy atom. The second-order valence-corrected chi connectivity index (χ2v) is 6.20. The molecule has 24 heavy (non-hydrogen) atoms. The largest absolute Gasteiger partial charge is 0.463 e. The molecule has 0 N–H and O–H groups in total. The van der Waals surface area contributed by atoms with Crippen LogP contribution in [0.15, 0.2) is 58.3 Å². The number of rotatable bonds is 4. The molecule has 0 amide bonds. The molecule has 0 fully saturated rings. The Morgan fingerprint density at radius 3 is 2.83 bits per heavy atom. The minimum Gasteiger partial charge on any atom is -0.463 e. The number of aromatic nitrogens is 2. The number of benzene rings is 1. The average molecular weight is 338 g/mol. The van der Waals surface area contributed by atoms with Gasteiger partial charge >= 0.3 is 5.97 Å². The summed E-state index contributed by atoms with van der Waals surface area (Å²) in [7, 11) is 1.33. The van der Waals surface area contributed by atoms with E-state index in [1.54, 1.807) is 23.5 Å². The zero-order chi connectivity index (χ0) is 16.5. The predicted molar refractivity (Wildman–Crippen MR) is 92.2 cm³/mol. The maximum atomic E-state index is 11.6. The van der Waals surface area contributed by atoms with Gasteiger partial charge in [-0.25, -0.2) is 4.79 Å². The average Bonchev–Trinajstić information content (AvgIpc) is 3.32. The van der Waals surface area contributed by atoms with Crippen molar-refractivity contribution in [1.29, 1.82) is 0 Å². The van der Waals surface area contributed by atoms with E-state index in [1.807, 2.05) is 34.3 Å². The normalized spacial score (nSPS) is 11.0. The molecule has 3 heterocycles. The molecular weight excluding hydrogens is 324 g/mol. The van der Waals surface area contributed by atoms with E-state index in [0.717, 1.165) is 15.9 Å². The molecule has 0 bridgehead atoms. The topological polar surface area (TPSA) is 57.3 Å². The zero-order valence-corrected chi connectivity index (χ0v) is 13.7. The molecule has 1 aromatic carbocycles. The molecule has 0 radical (unpaired) electrons. The van der Waals surface area contributed by atoms with Gasteiger partial charge in [-0.1, -0.05) is 30.3 Å². The van der Waals surface area contributed by atoms with Crippen LogP contribution in [-0.2, 0) is 11.3 Å². The molecule has 0 spiro atoms. The summed E-state index contributed by atoms with van der Waals surface area (Å²) >= 11 is 1.60. The Kier molecular flexibility index (Phi) is 3.66. The number of methoxy groups -OCH3 is 1. The number of fused-ring (bicyclic) bond motifs is 1. The molecule has 0 saturated carbocycles. The summed E-state index contributed by atoms with van der Waals surface area (Å²) in [5.74, 6) is 0.247. The number of carbonyl (C=O) groups is 1. The van der Waals surface area contributed by atoms with Crippen LogP contribution in [0.25, 0.3) is 21.7 Å². The van der Waals surface area contributed by atoms with Crippen molar-refractivity contribution in [3.63, 3.8) is 0 Å². The van der Waals surface area contributed by atoms with Crippen LogP contribution in [0.1, 0.15) is 16.1 Å². The number of ether oxygens (including phenoxy) is 1. The quantitative estimate of drug-likeness (QED) is 0.524. The number of nitrogens with zero attached hydrogens (tertiary/aromatic N) is 2. The highest BCUT2D eigenvalue weighted by atomic mass is 32.1. The van der Waals surface area contributed by atoms with Crippen LogP contribution < -0.4 is 0 Å². The van der Waals surface area contributed by atoms with Crippen LogP contribution in [0.4, 0.5) is 0 Å². The molecule has 0 atom stereocenters. The van der Waals surface area contributed by atoms with Gasteiger partial charge in [0.1, 0.15) is 5.69 Å². The maximum Gasteiger partial charge on any atom is 0.373 e. The van der Waals surface area contributed by atoms with Crippen molar-refractivity contribution in [1.82, 2.24) is 9.78 Å². The monoisotopic (exact) mass is 338 g/mol. The summed E-state index contributed by atoms with van der Waals surface area (Å²) in [6.45, 7) is 0.679. The van der Waals surface area contributed by atoms with Crippen molar-refractivity contribution >= 4 is 27.5 Å². The molecule has 0 unspecified atom stereocenters. The van der Waals surface area contributed by atoms with E-state index in [1.165, 1.54) is 12.7 Å². The molecule has 0 aliphatic rings. The minimum absolute atomic E-state index is 0.176. The summed E-state index contributed by atoms with van der Waals surface area (Å²) in [6.07, 6.45) is 0. The first kappa shape index (κ1) is 14.7. The number of carbonyl (C=O) groups excluding carboxylic acids is 1. The summed E-state index contributed by atoms with van der Waals surface area (Å²) in [4.78, 5) is 11.6. The SMILES string of the molecule is COC(=O)c1ccc(-c2nn(Cc3ccccc3)c3ccsc23)o1. The third kappa shape index (κ3) is 2.51. The lowest BCUT2D eigenvalue weighted by molar-refractivity contribution is 0.0566. The molecule has 0 saturated heterocycles. The van der Waals surface area contributed by atoms with E-state index < -0.39 is 5.97 Å². The Hall–Kier alpha value is -2.86. The van der Waals surface area contributed by atoms with Gasteiger partial charge < -0.3 is 9.15 Å². The fourth-order valence-corrected chi connectivity index (χ4v) is 3.50. The lowest BCUT2D eigenvalue weighted by Gasteiger charge is -2.02. The highest BCUT2D eigenvalue weighted by Gasteiger charge is 2.19. The van der Waals surface area contributed by atoms with Gasteiger partial charge in [-0.05, 0) is 29.1 Å². The van der Waals surface area contributed by atoms with Crippen LogP contribution in [0, 0.1) is 0 Å². The third-order valence-corrected chi connectivity index (χ3v) is 4.67. The van der Waals surface area contributed by atoms with Crippen LogP contribution in [0.5, 0.6) is 0 Å². The van der Waals surface area contributed by atoms with Gasteiger partial charge in [0, 0.05) is 0 Å². The van der Waals surface area contributed by atoms with Gasteiger partial charge in [-0.2, -0.15) is 5.10 Å². The molecule has 0 aliphatic carbocycles. The molecule has 120 valence electrons. The lowest BCUT2D eigenvalue weighted by Crippen LogP contribution is -2.01. The Bertz CT molecular complexity index is 998. The molecule has 3 aromatic heterocycles. The summed E-state index contributed by atoms with van der Waals surface area (Å²) in [6, 6.07) is 15.6. The molecule has 6 heteroatoms. The number of furan rings is 1. The van der Waals surface area contributed by atoms with E-state index in [9.17, 15) is 4.79 Å². The fourth-order valence-electron chi connectivity index (χ4n) is 2.62. The van der Waals surface area contributed by atoms with E-state index >= 15 is 0 Å². The van der Waals surface area contributed by atoms with Crippen LogP contribution in [-0.4, -0.2) is 22.9 Å².